The van der Waals surface area contributed by atoms with Gasteiger partial charge in [0.05, 0.1) is 19.2 Å². The average Bonchev–Trinajstić information content (AvgIpc) is 3.53. The van der Waals surface area contributed by atoms with Crippen LogP contribution in [-0.2, 0) is 33.2 Å². The Balaban J connectivity index is 0.00000121. The maximum atomic E-state index is 13.3. The van der Waals surface area contributed by atoms with Crippen molar-refractivity contribution in [2.75, 3.05) is 0 Å². The van der Waals surface area contributed by atoms with E-state index in [4.69, 9.17) is 17.0 Å². The molecular weight excluding hydrogens is 761 g/mol. The number of fused-ring (bicyclic) bond motifs is 2. The van der Waals surface area contributed by atoms with Crippen LogP contribution >= 0.6 is 17.0 Å². The molecule has 0 amide bonds. The van der Waals surface area contributed by atoms with Gasteiger partial charge in [0.15, 0.2) is 0 Å². The zero-order valence-electron chi connectivity index (χ0n) is 29.1. The van der Waals surface area contributed by atoms with Crippen molar-refractivity contribution in [2.24, 2.45) is 35.5 Å². The zero-order valence-corrected chi connectivity index (χ0v) is 34.0. The monoisotopic (exact) mass is 810 g/mol. The molecule has 2 aromatic rings. The van der Waals surface area contributed by atoms with E-state index >= 15 is 0 Å². The molecule has 0 radical (unpaired) electrons. The van der Waals surface area contributed by atoms with E-state index in [9.17, 15) is 26.3 Å². The molecule has 0 N–H and O–H groups in total. The van der Waals surface area contributed by atoms with Crippen LogP contribution in [0.25, 0.3) is 0 Å². The van der Waals surface area contributed by atoms with Crippen LogP contribution in [0.2, 0.25) is 24.2 Å². The van der Waals surface area contributed by atoms with E-state index in [1.54, 1.807) is 24.3 Å². The summed E-state index contributed by atoms with van der Waals surface area (Å²) in [4.78, 5) is 0. The van der Waals surface area contributed by atoms with Crippen molar-refractivity contribution in [3.63, 3.8) is 0 Å². The first-order valence-corrected chi connectivity index (χ1v) is 26.4. The Kier molecular flexibility index (Phi) is 14.5. The van der Waals surface area contributed by atoms with Gasteiger partial charge in [-0.2, -0.15) is 26.3 Å². The summed E-state index contributed by atoms with van der Waals surface area (Å²) in [7, 11) is 8.06. The molecule has 0 nitrogen and oxygen atoms in total. The van der Waals surface area contributed by atoms with Crippen molar-refractivity contribution in [1.29, 1.82) is 0 Å². The molecule has 10 heteroatoms. The van der Waals surface area contributed by atoms with Crippen LogP contribution in [-0.4, -0.2) is 8.07 Å². The van der Waals surface area contributed by atoms with Crippen molar-refractivity contribution in [1.82, 2.24) is 0 Å². The van der Waals surface area contributed by atoms with E-state index in [-0.39, 0.29) is 14.9 Å². The van der Waals surface area contributed by atoms with Gasteiger partial charge in [0.25, 0.3) is 0 Å². The van der Waals surface area contributed by atoms with E-state index in [0.717, 1.165) is 36.8 Å². The number of benzene rings is 2. The zero-order chi connectivity index (χ0) is 33.6. The summed E-state index contributed by atoms with van der Waals surface area (Å²) in [5.41, 5.74) is 2.43. The Morgan fingerprint density at radius 1 is 0.583 bits per heavy atom. The van der Waals surface area contributed by atoms with Gasteiger partial charge in [-0.25, -0.2) is 0 Å². The second-order valence-electron chi connectivity index (χ2n) is 15.3. The third kappa shape index (κ3) is 8.49. The quantitative estimate of drug-likeness (QED) is 0.164. The molecule has 0 saturated heterocycles. The van der Waals surface area contributed by atoms with Crippen LogP contribution in [0.5, 0.6) is 0 Å². The number of halogens is 8. The standard InChI is InChI=1S/C36H46F6Si.2CH3.2ClH.Zr/c1-21-19-31-27(23-11-15-25(16-12-23)35(37,38)39)7-5-9-29(31)33(21)43(3,4)34-22(2)20-32-28(8-6-10-30(32)34)24-13-17-26(18-14-24)36(40,41)42;;;;;/h11-18,21-22,27-34H,5-10,19-20H2,1-4H3;2*1H3;2*1H;/q;2*-1;;;+4/p-2. The Labute approximate surface area is 305 Å². The number of alkyl halides is 6. The minimum absolute atomic E-state index is 0. The number of hydrogen-bond donors (Lipinski definition) is 0. The third-order valence-electron chi connectivity index (χ3n) is 12.7. The maximum absolute atomic E-state index is 13.3. The van der Waals surface area contributed by atoms with Gasteiger partial charge in [-0.3, -0.25) is 0 Å². The van der Waals surface area contributed by atoms with Gasteiger partial charge >= 0.3 is 50.2 Å². The van der Waals surface area contributed by atoms with E-state index in [0.29, 0.717) is 58.4 Å². The van der Waals surface area contributed by atoms with Crippen LogP contribution in [0.4, 0.5) is 26.3 Å². The van der Waals surface area contributed by atoms with Crippen LogP contribution in [0.15, 0.2) is 48.5 Å². The summed E-state index contributed by atoms with van der Waals surface area (Å²) < 4.78 is 79.5. The molecule has 4 aliphatic carbocycles. The molecule has 48 heavy (non-hydrogen) atoms. The Hall–Kier alpha value is -0.300. The van der Waals surface area contributed by atoms with Gasteiger partial charge in [0.2, 0.25) is 0 Å². The molecule has 0 heterocycles. The molecule has 0 bridgehead atoms. The molecule has 268 valence electrons. The van der Waals surface area contributed by atoms with Crippen molar-refractivity contribution >= 4 is 25.1 Å². The van der Waals surface area contributed by atoms with Crippen LogP contribution < -0.4 is 0 Å². The fourth-order valence-electron chi connectivity index (χ4n) is 11.6. The number of rotatable bonds is 4. The van der Waals surface area contributed by atoms with Gasteiger partial charge < -0.3 is 14.9 Å². The second kappa shape index (κ2) is 16.6. The molecule has 2 aromatic carbocycles. The summed E-state index contributed by atoms with van der Waals surface area (Å²) in [5, 5.41) is 0. The van der Waals surface area contributed by atoms with Crippen LogP contribution in [0.3, 0.4) is 0 Å². The third-order valence-corrected chi connectivity index (χ3v) is 18.2. The van der Waals surface area contributed by atoms with E-state index in [2.05, 4.69) is 26.9 Å². The van der Waals surface area contributed by atoms with Crippen molar-refractivity contribution in [2.45, 2.75) is 114 Å². The molecular formula is C38H52Cl2F6SiZr. The molecule has 4 saturated carbocycles. The van der Waals surface area contributed by atoms with E-state index in [1.165, 1.54) is 49.9 Å². The topological polar surface area (TPSA) is 0 Å². The van der Waals surface area contributed by atoms with Crippen LogP contribution in [0.1, 0.15) is 99.3 Å². The fourth-order valence-corrected chi connectivity index (χ4v) is 18.3. The summed E-state index contributed by atoms with van der Waals surface area (Å²) in [6.45, 7) is 10.2. The molecule has 0 aliphatic heterocycles. The minimum atomic E-state index is -4.31. The van der Waals surface area contributed by atoms with Gasteiger partial charge in [0.1, 0.15) is 0 Å². The summed E-state index contributed by atoms with van der Waals surface area (Å²) >= 11 is -0.826. The van der Waals surface area contributed by atoms with Crippen molar-refractivity contribution in [3.05, 3.63) is 85.6 Å². The SMILES string of the molecule is CC1CC2C(c3ccc(C(F)(F)F)cc3)CCCC2C1[Si](C)(C)C1C(C)CC2C(c3ccc(C(F)(F)F)cc3)CCCC21.[CH3-].[CH3-].[Cl][Zr+2][Cl]. The first kappa shape index (κ1) is 42.1. The first-order valence-electron chi connectivity index (χ1n) is 16.9. The summed E-state index contributed by atoms with van der Waals surface area (Å²) in [6.07, 6.45) is 0.592. The Bertz CT molecular complexity index is 1200. The first-order chi connectivity index (χ1) is 21.6. The number of hydrogen-bond acceptors (Lipinski definition) is 0. The van der Waals surface area contributed by atoms with E-state index in [1.807, 2.05) is 0 Å². The summed E-state index contributed by atoms with van der Waals surface area (Å²) in [6, 6.07) is 12.0. The van der Waals surface area contributed by atoms with Gasteiger partial charge in [-0.1, -0.05) is 76.9 Å². The molecule has 4 fully saturated rings. The second-order valence-corrected chi connectivity index (χ2v) is 24.0. The molecule has 10 unspecified atom stereocenters. The van der Waals surface area contributed by atoms with Gasteiger partial charge in [0, 0.05) is 0 Å². The van der Waals surface area contributed by atoms with E-state index < -0.39 is 52.4 Å². The van der Waals surface area contributed by atoms with Gasteiger partial charge in [-0.15, -0.1) is 0 Å². The molecule has 6 rings (SSSR count). The average molecular weight is 813 g/mol. The predicted molar refractivity (Wildman–Crippen MR) is 187 cm³/mol. The molecule has 10 atom stereocenters. The molecule has 0 spiro atoms. The summed E-state index contributed by atoms with van der Waals surface area (Å²) in [5.74, 6) is 4.26. The van der Waals surface area contributed by atoms with Crippen molar-refractivity contribution < 1.29 is 47.2 Å². The van der Waals surface area contributed by atoms with Crippen LogP contribution in [0, 0.1) is 50.4 Å². The Morgan fingerprint density at radius 2 is 0.896 bits per heavy atom. The fraction of sp³-hybridized carbons (Fsp3) is 0.632. The molecule has 4 aliphatic rings. The normalized spacial score (nSPS) is 33.2. The Morgan fingerprint density at radius 3 is 1.19 bits per heavy atom. The predicted octanol–water partition coefficient (Wildman–Crippen LogP) is 14.2. The molecule has 0 aromatic heterocycles. The van der Waals surface area contributed by atoms with Crippen molar-refractivity contribution in [3.8, 4) is 0 Å². The van der Waals surface area contributed by atoms with Gasteiger partial charge in [-0.05, 0) is 120 Å².